The maximum Gasteiger partial charge on any atom is 0.305 e. The molecule has 0 aliphatic carbocycles. The Kier molecular flexibility index (Phi) is 11.2. The van der Waals surface area contributed by atoms with Gasteiger partial charge in [0, 0.05) is 35.6 Å². The highest BCUT2D eigenvalue weighted by Gasteiger charge is 2.17. The Morgan fingerprint density at radius 3 is 2.41 bits per heavy atom. The molecule has 1 aromatic heterocycles. The summed E-state index contributed by atoms with van der Waals surface area (Å²) < 4.78 is 13.2. The summed E-state index contributed by atoms with van der Waals surface area (Å²) >= 11 is 0. The van der Waals surface area contributed by atoms with Crippen LogP contribution in [0, 0.1) is 11.8 Å². The maximum absolute atomic E-state index is 12.9. The van der Waals surface area contributed by atoms with E-state index in [2.05, 4.69) is 68.0 Å². The van der Waals surface area contributed by atoms with Gasteiger partial charge in [-0.15, -0.1) is 0 Å². The molecule has 3 aromatic rings. The van der Waals surface area contributed by atoms with Gasteiger partial charge in [-0.1, -0.05) is 45.9 Å². The first-order chi connectivity index (χ1) is 18.7. The Balaban J connectivity index is 1.68. The molecule has 0 fully saturated rings. The lowest BCUT2D eigenvalue weighted by Gasteiger charge is -2.24. The standard InChI is InChI=1S/C33H44N2O4/c1-7-38-33(37)13-10-18-39-31-12-9-8-11-29(31)34-32(36)21-25(6)26-14-15-30-27(22-26)16-17-35(30)28(19-23(2)3)20-24(4)5/h8-9,11-12,14-17,21-24,28H,7,10,13,18-20H2,1-6H3,(H,34,36)/b25-21+. The number of aromatic nitrogens is 1. The molecule has 6 heteroatoms. The van der Waals surface area contributed by atoms with Crippen LogP contribution in [-0.4, -0.2) is 29.7 Å². The summed E-state index contributed by atoms with van der Waals surface area (Å²) in [6.07, 6.45) is 6.97. The van der Waals surface area contributed by atoms with Gasteiger partial charge in [0.1, 0.15) is 5.75 Å². The number of benzene rings is 2. The van der Waals surface area contributed by atoms with Crippen LogP contribution >= 0.6 is 0 Å². The van der Waals surface area contributed by atoms with Gasteiger partial charge in [0.05, 0.1) is 18.9 Å². The van der Waals surface area contributed by atoms with Crippen LogP contribution in [0.2, 0.25) is 0 Å². The van der Waals surface area contributed by atoms with Crippen molar-refractivity contribution >= 4 is 34.0 Å². The SMILES string of the molecule is CCOC(=O)CCCOc1ccccc1NC(=O)/C=C(\C)c1ccc2c(ccn2C(CC(C)C)CC(C)C)c1. The molecule has 6 nitrogen and oxygen atoms in total. The van der Waals surface area contributed by atoms with Gasteiger partial charge in [0.15, 0.2) is 0 Å². The third-order valence-corrected chi connectivity index (χ3v) is 6.64. The van der Waals surface area contributed by atoms with Gasteiger partial charge in [-0.25, -0.2) is 0 Å². The monoisotopic (exact) mass is 532 g/mol. The lowest BCUT2D eigenvalue weighted by atomic mass is 9.95. The summed E-state index contributed by atoms with van der Waals surface area (Å²) in [5.41, 5.74) is 3.73. The normalized spacial score (nSPS) is 12.0. The van der Waals surface area contributed by atoms with Gasteiger partial charge in [-0.3, -0.25) is 9.59 Å². The van der Waals surface area contributed by atoms with Crippen molar-refractivity contribution in [1.82, 2.24) is 4.57 Å². The smallest absolute Gasteiger partial charge is 0.305 e. The molecule has 0 aliphatic heterocycles. The molecule has 2 aromatic carbocycles. The Labute approximate surface area is 233 Å². The second kappa shape index (κ2) is 14.6. The van der Waals surface area contributed by atoms with Gasteiger partial charge in [-0.2, -0.15) is 0 Å². The number of hydrogen-bond acceptors (Lipinski definition) is 4. The summed E-state index contributed by atoms with van der Waals surface area (Å²) in [5.74, 6) is 1.38. The summed E-state index contributed by atoms with van der Waals surface area (Å²) in [4.78, 5) is 24.4. The van der Waals surface area contributed by atoms with Crippen LogP contribution in [-0.2, 0) is 14.3 Å². The molecule has 3 rings (SSSR count). The molecule has 0 aliphatic rings. The van der Waals surface area contributed by atoms with Crippen molar-refractivity contribution in [3.8, 4) is 5.75 Å². The highest BCUT2D eigenvalue weighted by Crippen LogP contribution is 2.31. The van der Waals surface area contributed by atoms with E-state index in [-0.39, 0.29) is 11.9 Å². The van der Waals surface area contributed by atoms with Crippen molar-refractivity contribution in [1.29, 1.82) is 0 Å². The van der Waals surface area contributed by atoms with E-state index in [0.29, 0.717) is 55.4 Å². The average molecular weight is 533 g/mol. The van der Waals surface area contributed by atoms with E-state index >= 15 is 0 Å². The van der Waals surface area contributed by atoms with Crippen molar-refractivity contribution in [2.24, 2.45) is 11.8 Å². The van der Waals surface area contributed by atoms with Crippen molar-refractivity contribution in [3.63, 3.8) is 0 Å². The molecule has 0 bridgehead atoms. The van der Waals surface area contributed by atoms with Gasteiger partial charge in [0.25, 0.3) is 0 Å². The number of rotatable bonds is 14. The number of carbonyl (C=O) groups is 2. The summed E-state index contributed by atoms with van der Waals surface area (Å²) in [7, 11) is 0. The van der Waals surface area contributed by atoms with E-state index in [1.165, 1.54) is 10.9 Å². The molecule has 0 saturated heterocycles. The number of nitrogens with zero attached hydrogens (tertiary/aromatic N) is 1. The number of ether oxygens (including phenoxy) is 2. The second-order valence-electron chi connectivity index (χ2n) is 11.0. The minimum Gasteiger partial charge on any atom is -0.491 e. The number of carbonyl (C=O) groups excluding carboxylic acids is 2. The number of para-hydroxylation sites is 2. The zero-order chi connectivity index (χ0) is 28.4. The molecule has 210 valence electrons. The van der Waals surface area contributed by atoms with Crippen molar-refractivity contribution < 1.29 is 19.1 Å². The van der Waals surface area contributed by atoms with Crippen LogP contribution in [0.4, 0.5) is 5.69 Å². The third kappa shape index (κ3) is 9.02. The summed E-state index contributed by atoms with van der Waals surface area (Å²) in [6, 6.07) is 16.4. The zero-order valence-corrected chi connectivity index (χ0v) is 24.3. The van der Waals surface area contributed by atoms with Crippen LogP contribution in [0.15, 0.2) is 60.8 Å². The number of hydrogen-bond donors (Lipinski definition) is 1. The van der Waals surface area contributed by atoms with Crippen molar-refractivity contribution in [2.75, 3.05) is 18.5 Å². The topological polar surface area (TPSA) is 69.6 Å². The molecular formula is C33H44N2O4. The molecule has 0 saturated carbocycles. The van der Waals surface area contributed by atoms with E-state index in [9.17, 15) is 9.59 Å². The van der Waals surface area contributed by atoms with Crippen LogP contribution in [0.25, 0.3) is 16.5 Å². The number of allylic oxidation sites excluding steroid dienone is 1. The van der Waals surface area contributed by atoms with Gasteiger partial charge >= 0.3 is 5.97 Å². The fraction of sp³-hybridized carbons (Fsp3) is 0.455. The van der Waals surface area contributed by atoms with E-state index in [1.54, 1.807) is 25.1 Å². The molecule has 0 spiro atoms. The average Bonchev–Trinajstić information content (AvgIpc) is 3.30. The van der Waals surface area contributed by atoms with Gasteiger partial charge in [-0.05, 0) is 86.4 Å². The van der Waals surface area contributed by atoms with Crippen LogP contribution in [0.3, 0.4) is 0 Å². The number of fused-ring (bicyclic) bond motifs is 1. The van der Waals surface area contributed by atoms with Crippen molar-refractivity contribution in [3.05, 3.63) is 66.4 Å². The number of nitrogens with one attached hydrogen (secondary N) is 1. The molecular weight excluding hydrogens is 488 g/mol. The number of anilines is 1. The maximum atomic E-state index is 12.9. The molecule has 1 amide bonds. The number of amides is 1. The minimum atomic E-state index is -0.232. The number of esters is 1. The lowest BCUT2D eigenvalue weighted by molar-refractivity contribution is -0.143. The first-order valence-corrected chi connectivity index (χ1v) is 14.2. The molecule has 0 unspecified atom stereocenters. The predicted molar refractivity (Wildman–Crippen MR) is 160 cm³/mol. The lowest BCUT2D eigenvalue weighted by Crippen LogP contribution is -2.13. The van der Waals surface area contributed by atoms with Crippen LogP contribution in [0.1, 0.15) is 78.8 Å². The van der Waals surface area contributed by atoms with Gasteiger partial charge in [0.2, 0.25) is 5.91 Å². The summed E-state index contributed by atoms with van der Waals surface area (Å²) in [5, 5.41) is 4.12. The van der Waals surface area contributed by atoms with E-state index < -0.39 is 0 Å². The highest BCUT2D eigenvalue weighted by atomic mass is 16.5. The molecule has 0 atom stereocenters. The largest absolute Gasteiger partial charge is 0.491 e. The van der Waals surface area contributed by atoms with Crippen LogP contribution in [0.5, 0.6) is 5.75 Å². The first kappa shape index (κ1) is 30.0. The fourth-order valence-electron chi connectivity index (χ4n) is 4.92. The summed E-state index contributed by atoms with van der Waals surface area (Å²) in [6.45, 7) is 13.6. The zero-order valence-electron chi connectivity index (χ0n) is 24.3. The third-order valence-electron chi connectivity index (χ3n) is 6.64. The molecule has 39 heavy (non-hydrogen) atoms. The molecule has 0 radical (unpaired) electrons. The second-order valence-corrected chi connectivity index (χ2v) is 11.0. The Morgan fingerprint density at radius 2 is 1.72 bits per heavy atom. The Bertz CT molecular complexity index is 1260. The molecule has 1 heterocycles. The predicted octanol–water partition coefficient (Wildman–Crippen LogP) is 8.04. The van der Waals surface area contributed by atoms with Crippen LogP contribution < -0.4 is 10.1 Å². The fourth-order valence-corrected chi connectivity index (χ4v) is 4.92. The van der Waals surface area contributed by atoms with Gasteiger partial charge < -0.3 is 19.4 Å². The molecule has 1 N–H and O–H groups in total. The highest BCUT2D eigenvalue weighted by molar-refractivity contribution is 6.04. The first-order valence-electron chi connectivity index (χ1n) is 14.2. The Hall–Kier alpha value is -3.54. The van der Waals surface area contributed by atoms with E-state index in [4.69, 9.17) is 9.47 Å². The quantitative estimate of drug-likeness (QED) is 0.130. The minimum absolute atomic E-state index is 0.221. The van der Waals surface area contributed by atoms with Crippen molar-refractivity contribution in [2.45, 2.75) is 73.3 Å². The van der Waals surface area contributed by atoms with E-state index in [1.807, 2.05) is 19.1 Å². The Morgan fingerprint density at radius 1 is 1.00 bits per heavy atom. The van der Waals surface area contributed by atoms with E-state index in [0.717, 1.165) is 24.0 Å².